The highest BCUT2D eigenvalue weighted by molar-refractivity contribution is 7.88. The summed E-state index contributed by atoms with van der Waals surface area (Å²) in [5.74, 6) is 0.370. The molecule has 1 amide bonds. The summed E-state index contributed by atoms with van der Waals surface area (Å²) >= 11 is 12.7. The average molecular weight is 516 g/mol. The van der Waals surface area contributed by atoms with Crippen LogP contribution >= 0.6 is 23.2 Å². The zero-order valence-corrected chi connectivity index (χ0v) is 20.3. The van der Waals surface area contributed by atoms with Crippen molar-refractivity contribution in [2.24, 2.45) is 0 Å². The molecule has 11 heteroatoms. The quantitative estimate of drug-likeness (QED) is 0.593. The van der Waals surface area contributed by atoms with Crippen LogP contribution in [-0.4, -0.2) is 62.5 Å². The molecule has 2 aromatic rings. The number of hydrogen-bond donors (Lipinski definition) is 1. The fourth-order valence-electron chi connectivity index (χ4n) is 3.76. The zero-order valence-electron chi connectivity index (χ0n) is 18.0. The molecule has 1 N–H and O–H groups in total. The molecule has 1 aliphatic carbocycles. The second kappa shape index (κ2) is 9.76. The van der Waals surface area contributed by atoms with Crippen molar-refractivity contribution in [3.8, 4) is 11.5 Å². The predicted octanol–water partition coefficient (Wildman–Crippen LogP) is 4.32. The number of nitrogens with zero attached hydrogens (tertiary/aromatic N) is 2. The van der Waals surface area contributed by atoms with Crippen LogP contribution in [0.5, 0.6) is 11.5 Å². The van der Waals surface area contributed by atoms with Crippen molar-refractivity contribution in [2.45, 2.75) is 18.8 Å². The van der Waals surface area contributed by atoms with Crippen LogP contribution in [0.3, 0.4) is 0 Å². The third-order valence-corrected chi connectivity index (χ3v) is 7.52. The number of sulfonamides is 1. The van der Waals surface area contributed by atoms with E-state index in [0.29, 0.717) is 43.2 Å². The van der Waals surface area contributed by atoms with E-state index in [1.807, 2.05) is 4.90 Å². The van der Waals surface area contributed by atoms with Gasteiger partial charge in [-0.05, 0) is 54.7 Å². The average Bonchev–Trinajstić information content (AvgIpc) is 3.57. The molecule has 2 aromatic carbocycles. The Morgan fingerprint density at radius 3 is 2.33 bits per heavy atom. The van der Waals surface area contributed by atoms with E-state index in [1.54, 1.807) is 6.07 Å². The first kappa shape index (κ1) is 24.2. The van der Waals surface area contributed by atoms with Crippen LogP contribution in [0.25, 0.3) is 0 Å². The maximum absolute atomic E-state index is 14.0. The summed E-state index contributed by atoms with van der Waals surface area (Å²) in [6.45, 7) is 1.75. The van der Waals surface area contributed by atoms with Crippen molar-refractivity contribution >= 4 is 44.8 Å². The number of hydrogen-bond acceptors (Lipinski definition) is 5. The Kier molecular flexibility index (Phi) is 7.16. The lowest BCUT2D eigenvalue weighted by Gasteiger charge is -2.32. The Labute approximate surface area is 202 Å². The Bertz CT molecular complexity index is 1140. The van der Waals surface area contributed by atoms with E-state index in [9.17, 15) is 17.6 Å². The van der Waals surface area contributed by atoms with Crippen molar-refractivity contribution in [3.05, 3.63) is 51.8 Å². The molecular formula is C22H24Cl2FN3O4S. The number of rotatable bonds is 7. The van der Waals surface area contributed by atoms with E-state index in [2.05, 4.69) is 5.32 Å². The fraction of sp³-hybridized carbons (Fsp3) is 0.409. The Morgan fingerprint density at radius 2 is 1.76 bits per heavy atom. The van der Waals surface area contributed by atoms with Crippen molar-refractivity contribution in [1.29, 1.82) is 0 Å². The number of piperazine rings is 1. The van der Waals surface area contributed by atoms with E-state index in [0.717, 1.165) is 12.8 Å². The van der Waals surface area contributed by atoms with Crippen LogP contribution in [0.2, 0.25) is 10.0 Å². The number of anilines is 1. The fourth-order valence-corrected chi connectivity index (χ4v) is 5.15. The van der Waals surface area contributed by atoms with E-state index in [-0.39, 0.29) is 40.0 Å². The third-order valence-electron chi connectivity index (χ3n) is 5.65. The highest BCUT2D eigenvalue weighted by Gasteiger charge is 2.27. The Hall–Kier alpha value is -1.91. The summed E-state index contributed by atoms with van der Waals surface area (Å²) in [4.78, 5) is 14.3. The summed E-state index contributed by atoms with van der Waals surface area (Å²) in [5.41, 5.74) is 1.04. The minimum Gasteiger partial charge on any atom is -0.454 e. The van der Waals surface area contributed by atoms with Gasteiger partial charge in [-0.25, -0.2) is 12.8 Å². The molecule has 2 aliphatic rings. The van der Waals surface area contributed by atoms with Gasteiger partial charge in [0, 0.05) is 31.9 Å². The number of halogens is 3. The number of amides is 1. The first-order valence-electron chi connectivity index (χ1n) is 10.5. The molecule has 1 aliphatic heterocycles. The van der Waals surface area contributed by atoms with Gasteiger partial charge in [-0.1, -0.05) is 23.2 Å². The van der Waals surface area contributed by atoms with Crippen LogP contribution in [-0.2, 0) is 14.8 Å². The van der Waals surface area contributed by atoms with Gasteiger partial charge in [0.2, 0.25) is 15.9 Å². The molecule has 0 bridgehead atoms. The van der Waals surface area contributed by atoms with Crippen molar-refractivity contribution in [2.75, 3.05) is 44.3 Å². The molecule has 0 unspecified atom stereocenters. The predicted molar refractivity (Wildman–Crippen MR) is 126 cm³/mol. The van der Waals surface area contributed by atoms with Crippen molar-refractivity contribution in [3.63, 3.8) is 0 Å². The van der Waals surface area contributed by atoms with Gasteiger partial charge < -0.3 is 10.1 Å². The van der Waals surface area contributed by atoms with E-state index < -0.39 is 10.0 Å². The molecule has 0 radical (unpaired) electrons. The molecule has 4 rings (SSSR count). The summed E-state index contributed by atoms with van der Waals surface area (Å²) < 4.78 is 44.4. The minimum absolute atomic E-state index is 0.116. The standard InChI is InChI=1S/C22H24Cl2FN3O4S/c1-33(30,31)28-8-6-27(7-9-28)13-21(29)26-15-10-18(23)22(19(24)11-15)32-16-4-5-20(25)17(12-16)14-2-3-14/h4-5,10-12,14H,2-3,6-9,13H2,1H3,(H,26,29). The van der Waals surface area contributed by atoms with Crippen molar-refractivity contribution < 1.29 is 22.3 Å². The molecule has 1 saturated heterocycles. The van der Waals surface area contributed by atoms with Crippen LogP contribution in [0.15, 0.2) is 30.3 Å². The topological polar surface area (TPSA) is 79.0 Å². The Morgan fingerprint density at radius 1 is 1.12 bits per heavy atom. The van der Waals surface area contributed by atoms with Crippen LogP contribution in [0, 0.1) is 5.82 Å². The van der Waals surface area contributed by atoms with E-state index in [4.69, 9.17) is 27.9 Å². The van der Waals surface area contributed by atoms with Crippen LogP contribution < -0.4 is 10.1 Å². The second-order valence-corrected chi connectivity index (χ2v) is 11.1. The molecule has 178 valence electrons. The number of ether oxygens (including phenoxy) is 1. The highest BCUT2D eigenvalue weighted by atomic mass is 35.5. The van der Waals surface area contributed by atoms with Crippen LogP contribution in [0.1, 0.15) is 24.3 Å². The highest BCUT2D eigenvalue weighted by Crippen LogP contribution is 2.44. The largest absolute Gasteiger partial charge is 0.454 e. The molecule has 1 heterocycles. The molecule has 0 aromatic heterocycles. The lowest BCUT2D eigenvalue weighted by atomic mass is 10.1. The van der Waals surface area contributed by atoms with Gasteiger partial charge in [0.15, 0.2) is 5.75 Å². The normalized spacial score (nSPS) is 17.7. The van der Waals surface area contributed by atoms with Gasteiger partial charge in [0.25, 0.3) is 0 Å². The number of nitrogens with one attached hydrogen (secondary N) is 1. The summed E-state index contributed by atoms with van der Waals surface area (Å²) in [5, 5.41) is 3.17. The third kappa shape index (κ3) is 6.16. The second-order valence-electron chi connectivity index (χ2n) is 8.32. The zero-order chi connectivity index (χ0) is 23.8. The molecule has 1 saturated carbocycles. The van der Waals surface area contributed by atoms with Gasteiger partial charge in [0.05, 0.1) is 22.8 Å². The number of carbonyl (C=O) groups is 1. The molecule has 0 atom stereocenters. The minimum atomic E-state index is -3.22. The molecular weight excluding hydrogens is 492 g/mol. The first-order chi connectivity index (χ1) is 15.6. The van der Waals surface area contributed by atoms with Gasteiger partial charge in [0.1, 0.15) is 11.6 Å². The maximum Gasteiger partial charge on any atom is 0.238 e. The molecule has 0 spiro atoms. The van der Waals surface area contributed by atoms with Crippen molar-refractivity contribution in [1.82, 2.24) is 9.21 Å². The van der Waals surface area contributed by atoms with Crippen LogP contribution in [0.4, 0.5) is 10.1 Å². The lowest BCUT2D eigenvalue weighted by molar-refractivity contribution is -0.117. The molecule has 33 heavy (non-hydrogen) atoms. The molecule has 2 fully saturated rings. The first-order valence-corrected chi connectivity index (χ1v) is 13.1. The Balaban J connectivity index is 1.37. The van der Waals surface area contributed by atoms with Gasteiger partial charge >= 0.3 is 0 Å². The SMILES string of the molecule is CS(=O)(=O)N1CCN(CC(=O)Nc2cc(Cl)c(Oc3ccc(F)c(C4CC4)c3)c(Cl)c2)CC1. The van der Waals surface area contributed by atoms with Gasteiger partial charge in [-0.2, -0.15) is 4.31 Å². The number of carbonyl (C=O) groups excluding carboxylic acids is 1. The van der Waals surface area contributed by atoms with Gasteiger partial charge in [-0.15, -0.1) is 0 Å². The maximum atomic E-state index is 14.0. The van der Waals surface area contributed by atoms with Gasteiger partial charge in [-0.3, -0.25) is 9.69 Å². The lowest BCUT2D eigenvalue weighted by Crippen LogP contribution is -2.50. The summed E-state index contributed by atoms with van der Waals surface area (Å²) in [6.07, 6.45) is 3.10. The monoisotopic (exact) mass is 515 g/mol. The smallest absolute Gasteiger partial charge is 0.238 e. The summed E-state index contributed by atoms with van der Waals surface area (Å²) in [6, 6.07) is 7.63. The number of benzene rings is 2. The van der Waals surface area contributed by atoms with E-state index >= 15 is 0 Å². The summed E-state index contributed by atoms with van der Waals surface area (Å²) in [7, 11) is -3.22. The molecule has 7 nitrogen and oxygen atoms in total. The van der Waals surface area contributed by atoms with E-state index in [1.165, 1.54) is 34.8 Å².